The number of anilines is 1. The van der Waals surface area contributed by atoms with Crippen molar-refractivity contribution in [3.05, 3.63) is 64.4 Å². The topological polar surface area (TPSA) is 69.0 Å². The molecule has 0 amide bonds. The lowest BCUT2D eigenvalue weighted by Crippen LogP contribution is -2.10. The zero-order valence-corrected chi connectivity index (χ0v) is 18.2. The number of thioether (sulfide) groups is 1. The molecular weight excluding hydrogens is 408 g/mol. The summed E-state index contributed by atoms with van der Waals surface area (Å²) in [7, 11) is 0. The predicted molar refractivity (Wildman–Crippen MR) is 117 cm³/mol. The number of halogens is 1. The molecule has 0 saturated carbocycles. The molecule has 8 heteroatoms. The highest BCUT2D eigenvalue weighted by atomic mass is 35.5. The van der Waals surface area contributed by atoms with Gasteiger partial charge >= 0.3 is 5.97 Å². The molecule has 0 fully saturated rings. The summed E-state index contributed by atoms with van der Waals surface area (Å²) in [5, 5.41) is 13.3. The lowest BCUT2D eigenvalue weighted by Gasteiger charge is -2.12. The van der Waals surface area contributed by atoms with E-state index in [0.717, 1.165) is 28.3 Å². The Kier molecular flexibility index (Phi) is 7.17. The molecule has 3 rings (SSSR count). The molecule has 3 aromatic rings. The molecule has 0 aliphatic heterocycles. The zero-order chi connectivity index (χ0) is 20.8. The van der Waals surface area contributed by atoms with Gasteiger partial charge in [0.25, 0.3) is 0 Å². The highest BCUT2D eigenvalue weighted by molar-refractivity contribution is 7.99. The van der Waals surface area contributed by atoms with Crippen molar-refractivity contribution in [2.24, 2.45) is 0 Å². The molecule has 0 aliphatic carbocycles. The zero-order valence-electron chi connectivity index (χ0n) is 16.6. The Bertz CT molecular complexity index is 989. The number of aryl methyl sites for hydroxylation is 2. The average Bonchev–Trinajstić information content (AvgIpc) is 3.11. The van der Waals surface area contributed by atoms with Crippen LogP contribution in [0.4, 0.5) is 5.69 Å². The van der Waals surface area contributed by atoms with Crippen molar-refractivity contribution in [3.63, 3.8) is 0 Å². The molecule has 0 atom stereocenters. The number of carbonyl (C=O) groups excluding carboxylic acids is 1. The van der Waals surface area contributed by atoms with Crippen LogP contribution in [0.2, 0.25) is 5.02 Å². The van der Waals surface area contributed by atoms with Gasteiger partial charge in [-0.2, -0.15) is 0 Å². The van der Waals surface area contributed by atoms with Crippen molar-refractivity contribution >= 4 is 35.0 Å². The molecule has 0 aliphatic rings. The molecule has 0 radical (unpaired) electrons. The van der Waals surface area contributed by atoms with Crippen LogP contribution >= 0.6 is 23.4 Å². The van der Waals surface area contributed by atoms with Crippen LogP contribution in [0.3, 0.4) is 0 Å². The second-order valence-electron chi connectivity index (χ2n) is 6.48. The van der Waals surface area contributed by atoms with Gasteiger partial charge < -0.3 is 10.1 Å². The maximum Gasteiger partial charge on any atom is 0.316 e. The highest BCUT2D eigenvalue weighted by Gasteiger charge is 2.16. The van der Waals surface area contributed by atoms with Crippen molar-refractivity contribution in [1.29, 1.82) is 0 Å². The van der Waals surface area contributed by atoms with Crippen LogP contribution < -0.4 is 5.32 Å². The summed E-state index contributed by atoms with van der Waals surface area (Å²) in [5.74, 6) is 0.639. The smallest absolute Gasteiger partial charge is 0.316 e. The summed E-state index contributed by atoms with van der Waals surface area (Å²) in [6.45, 7) is 6.61. The van der Waals surface area contributed by atoms with E-state index in [2.05, 4.69) is 15.5 Å². The van der Waals surface area contributed by atoms with E-state index < -0.39 is 0 Å². The Hall–Kier alpha value is -2.51. The Morgan fingerprint density at radius 1 is 1.17 bits per heavy atom. The van der Waals surface area contributed by atoms with Crippen LogP contribution in [0.25, 0.3) is 5.69 Å². The van der Waals surface area contributed by atoms with Crippen LogP contribution in [0.1, 0.15) is 23.9 Å². The van der Waals surface area contributed by atoms with Crippen LogP contribution in [-0.4, -0.2) is 33.1 Å². The monoisotopic (exact) mass is 430 g/mol. The predicted octanol–water partition coefficient (Wildman–Crippen LogP) is 4.80. The molecule has 1 N–H and O–H groups in total. The van der Waals surface area contributed by atoms with E-state index in [1.165, 1.54) is 11.8 Å². The number of benzene rings is 2. The van der Waals surface area contributed by atoms with E-state index in [1.54, 1.807) is 6.92 Å². The van der Waals surface area contributed by atoms with Gasteiger partial charge in [-0.15, -0.1) is 10.2 Å². The normalized spacial score (nSPS) is 10.8. The third-order valence-electron chi connectivity index (χ3n) is 4.24. The van der Waals surface area contributed by atoms with Gasteiger partial charge in [-0.1, -0.05) is 47.1 Å². The van der Waals surface area contributed by atoms with Crippen LogP contribution in [0.5, 0.6) is 0 Å². The van der Waals surface area contributed by atoms with Crippen molar-refractivity contribution < 1.29 is 9.53 Å². The summed E-state index contributed by atoms with van der Waals surface area (Å²) >= 11 is 7.52. The number of esters is 1. The van der Waals surface area contributed by atoms with Gasteiger partial charge in [0, 0.05) is 16.4 Å². The largest absolute Gasteiger partial charge is 0.465 e. The number of nitrogens with zero attached hydrogens (tertiary/aromatic N) is 3. The fourth-order valence-corrected chi connectivity index (χ4v) is 3.62. The first kappa shape index (κ1) is 21.2. The molecule has 0 spiro atoms. The van der Waals surface area contributed by atoms with Gasteiger partial charge in [-0.3, -0.25) is 9.36 Å². The van der Waals surface area contributed by atoms with Crippen molar-refractivity contribution in [2.75, 3.05) is 17.7 Å². The number of hydrogen-bond donors (Lipinski definition) is 1. The van der Waals surface area contributed by atoms with E-state index in [-0.39, 0.29) is 11.7 Å². The van der Waals surface area contributed by atoms with Crippen LogP contribution in [-0.2, 0) is 16.1 Å². The summed E-state index contributed by atoms with van der Waals surface area (Å²) in [6, 6.07) is 13.9. The van der Waals surface area contributed by atoms with E-state index in [1.807, 2.05) is 60.9 Å². The molecule has 1 aromatic heterocycles. The van der Waals surface area contributed by atoms with Gasteiger partial charge in [0.05, 0.1) is 18.9 Å². The summed E-state index contributed by atoms with van der Waals surface area (Å²) in [6.07, 6.45) is 0. The maximum absolute atomic E-state index is 11.8. The molecular formula is C21H23ClN4O2S. The van der Waals surface area contributed by atoms with Crippen LogP contribution in [0.15, 0.2) is 47.6 Å². The quantitative estimate of drug-likeness (QED) is 0.408. The first-order valence-corrected chi connectivity index (χ1v) is 10.6. The second kappa shape index (κ2) is 9.80. The first-order chi connectivity index (χ1) is 14.0. The van der Waals surface area contributed by atoms with Gasteiger partial charge in [-0.25, -0.2) is 0 Å². The molecule has 0 unspecified atom stereocenters. The fourth-order valence-electron chi connectivity index (χ4n) is 2.67. The second-order valence-corrected chi connectivity index (χ2v) is 7.83. The number of nitrogens with one attached hydrogen (secondary N) is 1. The first-order valence-electron chi connectivity index (χ1n) is 9.27. The fraction of sp³-hybridized carbons (Fsp3) is 0.286. The van der Waals surface area contributed by atoms with E-state index >= 15 is 0 Å². The molecule has 29 heavy (non-hydrogen) atoms. The van der Waals surface area contributed by atoms with Gasteiger partial charge in [0.2, 0.25) is 0 Å². The molecule has 6 nitrogen and oxygen atoms in total. The Morgan fingerprint density at radius 3 is 2.62 bits per heavy atom. The lowest BCUT2D eigenvalue weighted by atomic mass is 10.2. The van der Waals surface area contributed by atoms with Crippen molar-refractivity contribution in [1.82, 2.24) is 14.8 Å². The van der Waals surface area contributed by atoms with E-state index in [9.17, 15) is 4.79 Å². The number of hydrogen-bond acceptors (Lipinski definition) is 6. The van der Waals surface area contributed by atoms with E-state index in [4.69, 9.17) is 16.3 Å². The lowest BCUT2D eigenvalue weighted by molar-refractivity contribution is -0.139. The molecule has 0 bridgehead atoms. The van der Waals surface area contributed by atoms with Gasteiger partial charge in [0.15, 0.2) is 11.0 Å². The van der Waals surface area contributed by atoms with Gasteiger partial charge in [0.1, 0.15) is 0 Å². The van der Waals surface area contributed by atoms with Crippen molar-refractivity contribution in [3.8, 4) is 5.69 Å². The number of rotatable bonds is 8. The third kappa shape index (κ3) is 5.52. The molecule has 1 heterocycles. The van der Waals surface area contributed by atoms with Crippen LogP contribution in [0, 0.1) is 13.8 Å². The Balaban J connectivity index is 1.84. The van der Waals surface area contributed by atoms with E-state index in [0.29, 0.717) is 23.3 Å². The average molecular weight is 431 g/mol. The molecule has 152 valence electrons. The maximum atomic E-state index is 11.8. The third-order valence-corrected chi connectivity index (χ3v) is 5.55. The minimum Gasteiger partial charge on any atom is -0.465 e. The minimum absolute atomic E-state index is 0.179. The molecule has 2 aromatic carbocycles. The van der Waals surface area contributed by atoms with Gasteiger partial charge in [-0.05, 0) is 50.6 Å². The summed E-state index contributed by atoms with van der Waals surface area (Å²) in [4.78, 5) is 11.8. The summed E-state index contributed by atoms with van der Waals surface area (Å²) in [5.41, 5.74) is 4.03. The Labute approximate surface area is 179 Å². The minimum atomic E-state index is -0.273. The van der Waals surface area contributed by atoms with Crippen molar-refractivity contribution in [2.45, 2.75) is 32.5 Å². The molecule has 0 saturated heterocycles. The number of carbonyl (C=O) groups is 1. The highest BCUT2D eigenvalue weighted by Crippen LogP contribution is 2.24. The number of ether oxygens (including phenoxy) is 1. The SMILES string of the molecule is CCOC(=O)CSc1nnc(CNc2ccc(C)c(Cl)c2)n1-c1ccc(C)cc1. The standard InChI is InChI=1S/C21H23ClN4O2S/c1-4-28-20(27)13-29-21-25-24-19(26(21)17-9-5-14(2)6-10-17)12-23-16-8-7-15(3)18(22)11-16/h5-11,23H,4,12-13H2,1-3H3. The summed E-state index contributed by atoms with van der Waals surface area (Å²) < 4.78 is 6.97. The number of aromatic nitrogens is 3. The Morgan fingerprint density at radius 2 is 1.93 bits per heavy atom.